The topological polar surface area (TPSA) is 46.1 Å². The van der Waals surface area contributed by atoms with Crippen molar-refractivity contribution >= 4 is 5.91 Å². The zero-order valence-corrected chi connectivity index (χ0v) is 6.87. The van der Waals surface area contributed by atoms with Crippen LogP contribution in [0, 0.1) is 0 Å². The number of aryl methyl sites for hydroxylation is 1. The molecule has 0 bridgehead atoms. The molecule has 2 rings (SSSR count). The van der Waals surface area contributed by atoms with Gasteiger partial charge in [-0.2, -0.15) is 0 Å². The number of nitrogens with zero attached hydrogens (tertiary/aromatic N) is 1. The zero-order valence-electron chi connectivity index (χ0n) is 6.87. The Labute approximate surface area is 70.6 Å². The van der Waals surface area contributed by atoms with E-state index in [1.807, 2.05) is 30.1 Å². The summed E-state index contributed by atoms with van der Waals surface area (Å²) < 4.78 is 1.96. The van der Waals surface area contributed by atoms with E-state index in [1.165, 1.54) is 0 Å². The highest BCUT2D eigenvalue weighted by molar-refractivity contribution is 5.80. The Hall–Kier alpha value is -1.29. The van der Waals surface area contributed by atoms with Gasteiger partial charge in [0.1, 0.15) is 6.17 Å². The quantitative estimate of drug-likeness (QED) is 0.602. The van der Waals surface area contributed by atoms with Crippen LogP contribution >= 0.6 is 0 Å². The molecule has 0 radical (unpaired) electrons. The molecule has 0 aliphatic carbocycles. The molecule has 1 amide bonds. The SMILES string of the molecule is Cn1ccc(C2NCC(=O)N2)c1. The Morgan fingerprint density at radius 2 is 2.50 bits per heavy atom. The summed E-state index contributed by atoms with van der Waals surface area (Å²) in [6.07, 6.45) is 3.95. The first-order valence-electron chi connectivity index (χ1n) is 3.90. The minimum Gasteiger partial charge on any atom is -0.357 e. The Balaban J connectivity index is 2.15. The molecule has 2 heterocycles. The summed E-state index contributed by atoms with van der Waals surface area (Å²) >= 11 is 0. The van der Waals surface area contributed by atoms with Crippen LogP contribution in [0.3, 0.4) is 0 Å². The number of amides is 1. The van der Waals surface area contributed by atoms with Crippen LogP contribution in [0.15, 0.2) is 18.5 Å². The predicted molar refractivity (Wildman–Crippen MR) is 44.3 cm³/mol. The van der Waals surface area contributed by atoms with Crippen molar-refractivity contribution in [1.29, 1.82) is 0 Å². The van der Waals surface area contributed by atoms with Gasteiger partial charge in [0.25, 0.3) is 0 Å². The lowest BCUT2D eigenvalue weighted by Gasteiger charge is -2.06. The number of aromatic nitrogens is 1. The van der Waals surface area contributed by atoms with Crippen molar-refractivity contribution in [2.75, 3.05) is 6.54 Å². The minimum atomic E-state index is -0.00120. The van der Waals surface area contributed by atoms with Crippen molar-refractivity contribution in [1.82, 2.24) is 15.2 Å². The molecule has 1 saturated heterocycles. The van der Waals surface area contributed by atoms with Gasteiger partial charge in [-0.3, -0.25) is 10.1 Å². The summed E-state index contributed by atoms with van der Waals surface area (Å²) in [4.78, 5) is 10.9. The van der Waals surface area contributed by atoms with Crippen molar-refractivity contribution in [3.05, 3.63) is 24.0 Å². The van der Waals surface area contributed by atoms with E-state index >= 15 is 0 Å². The summed E-state index contributed by atoms with van der Waals surface area (Å²) in [5.41, 5.74) is 1.10. The maximum Gasteiger partial charge on any atom is 0.235 e. The molecule has 12 heavy (non-hydrogen) atoms. The van der Waals surface area contributed by atoms with Crippen molar-refractivity contribution in [3.8, 4) is 0 Å². The molecule has 1 unspecified atom stereocenters. The van der Waals surface area contributed by atoms with E-state index in [2.05, 4.69) is 10.6 Å². The molecule has 1 atom stereocenters. The normalized spacial score (nSPS) is 22.8. The maximum atomic E-state index is 10.9. The lowest BCUT2D eigenvalue weighted by molar-refractivity contribution is -0.118. The predicted octanol–water partition coefficient (Wildman–Crippen LogP) is -0.257. The van der Waals surface area contributed by atoms with Gasteiger partial charge in [0.2, 0.25) is 5.91 Å². The second-order valence-electron chi connectivity index (χ2n) is 2.99. The number of carbonyl (C=O) groups is 1. The molecular formula is C8H11N3O. The monoisotopic (exact) mass is 165 g/mol. The molecule has 1 fully saturated rings. The highest BCUT2D eigenvalue weighted by atomic mass is 16.2. The molecule has 64 valence electrons. The number of carbonyl (C=O) groups excluding carboxylic acids is 1. The molecular weight excluding hydrogens is 154 g/mol. The summed E-state index contributed by atoms with van der Waals surface area (Å²) in [6.45, 7) is 0.416. The van der Waals surface area contributed by atoms with Crippen molar-refractivity contribution in [2.45, 2.75) is 6.17 Å². The summed E-state index contributed by atoms with van der Waals surface area (Å²) in [5.74, 6) is 0.0591. The second-order valence-corrected chi connectivity index (χ2v) is 2.99. The van der Waals surface area contributed by atoms with Gasteiger partial charge >= 0.3 is 0 Å². The number of rotatable bonds is 1. The number of hydrogen-bond donors (Lipinski definition) is 2. The van der Waals surface area contributed by atoms with Gasteiger partial charge in [0.05, 0.1) is 6.54 Å². The van der Waals surface area contributed by atoms with Crippen LogP contribution in [0.1, 0.15) is 11.7 Å². The summed E-state index contributed by atoms with van der Waals surface area (Å²) in [7, 11) is 1.96. The second kappa shape index (κ2) is 2.64. The molecule has 4 nitrogen and oxygen atoms in total. The van der Waals surface area contributed by atoms with Crippen LogP contribution in [-0.2, 0) is 11.8 Å². The molecule has 0 saturated carbocycles. The first-order valence-corrected chi connectivity index (χ1v) is 3.90. The Morgan fingerprint density at radius 1 is 1.67 bits per heavy atom. The highest BCUT2D eigenvalue weighted by Crippen LogP contribution is 2.12. The molecule has 0 aromatic carbocycles. The van der Waals surface area contributed by atoms with Gasteiger partial charge in [-0.05, 0) is 6.07 Å². The fourth-order valence-corrected chi connectivity index (χ4v) is 1.35. The summed E-state index contributed by atoms with van der Waals surface area (Å²) in [5, 5.41) is 5.88. The van der Waals surface area contributed by atoms with Gasteiger partial charge in [0.15, 0.2) is 0 Å². The zero-order chi connectivity index (χ0) is 8.55. The Bertz CT molecular complexity index is 305. The van der Waals surface area contributed by atoms with E-state index in [4.69, 9.17) is 0 Å². The van der Waals surface area contributed by atoms with E-state index in [0.717, 1.165) is 5.56 Å². The minimum absolute atomic E-state index is 0.00120. The number of hydrogen-bond acceptors (Lipinski definition) is 2. The van der Waals surface area contributed by atoms with Crippen molar-refractivity contribution < 1.29 is 4.79 Å². The van der Waals surface area contributed by atoms with Crippen LogP contribution in [0.4, 0.5) is 0 Å². The third-order valence-corrected chi connectivity index (χ3v) is 1.96. The first kappa shape index (κ1) is 7.36. The fourth-order valence-electron chi connectivity index (χ4n) is 1.35. The maximum absolute atomic E-state index is 10.9. The van der Waals surface area contributed by atoms with E-state index in [-0.39, 0.29) is 12.1 Å². The lowest BCUT2D eigenvalue weighted by atomic mass is 10.3. The molecule has 1 aliphatic heterocycles. The number of nitrogens with one attached hydrogen (secondary N) is 2. The lowest BCUT2D eigenvalue weighted by Crippen LogP contribution is -2.22. The average molecular weight is 165 g/mol. The van der Waals surface area contributed by atoms with Gasteiger partial charge in [0, 0.05) is 25.0 Å². The van der Waals surface area contributed by atoms with Crippen LogP contribution < -0.4 is 10.6 Å². The largest absolute Gasteiger partial charge is 0.357 e. The van der Waals surface area contributed by atoms with E-state index in [0.29, 0.717) is 6.54 Å². The average Bonchev–Trinajstić information content (AvgIpc) is 2.58. The standard InChI is InChI=1S/C8H11N3O/c1-11-3-2-6(5-11)8-9-4-7(12)10-8/h2-3,5,8-9H,4H2,1H3,(H,10,12). The van der Waals surface area contributed by atoms with Crippen LogP contribution in [-0.4, -0.2) is 17.0 Å². The third kappa shape index (κ3) is 1.21. The molecule has 1 aromatic heterocycles. The Morgan fingerprint density at radius 3 is 3.00 bits per heavy atom. The smallest absolute Gasteiger partial charge is 0.235 e. The molecule has 1 aromatic rings. The van der Waals surface area contributed by atoms with Crippen LogP contribution in [0.2, 0.25) is 0 Å². The van der Waals surface area contributed by atoms with Gasteiger partial charge in [-0.1, -0.05) is 0 Å². The molecule has 1 aliphatic rings. The molecule has 2 N–H and O–H groups in total. The van der Waals surface area contributed by atoms with E-state index in [9.17, 15) is 4.79 Å². The van der Waals surface area contributed by atoms with Crippen molar-refractivity contribution in [2.24, 2.45) is 7.05 Å². The van der Waals surface area contributed by atoms with Gasteiger partial charge < -0.3 is 9.88 Å². The van der Waals surface area contributed by atoms with Gasteiger partial charge in [-0.15, -0.1) is 0 Å². The van der Waals surface area contributed by atoms with Crippen LogP contribution in [0.25, 0.3) is 0 Å². The molecule has 0 spiro atoms. The third-order valence-electron chi connectivity index (χ3n) is 1.96. The van der Waals surface area contributed by atoms with Crippen LogP contribution in [0.5, 0.6) is 0 Å². The van der Waals surface area contributed by atoms with Gasteiger partial charge in [-0.25, -0.2) is 0 Å². The van der Waals surface area contributed by atoms with E-state index < -0.39 is 0 Å². The fraction of sp³-hybridized carbons (Fsp3) is 0.375. The summed E-state index contributed by atoms with van der Waals surface area (Å²) in [6, 6.07) is 1.99. The van der Waals surface area contributed by atoms with Crippen molar-refractivity contribution in [3.63, 3.8) is 0 Å². The molecule has 4 heteroatoms. The van der Waals surface area contributed by atoms with E-state index in [1.54, 1.807) is 0 Å². The highest BCUT2D eigenvalue weighted by Gasteiger charge is 2.21. The Kier molecular flexibility index (Phi) is 1.62. The first-order chi connectivity index (χ1) is 5.75.